The minimum Gasteiger partial charge on any atom is -0.147 e. The van der Waals surface area contributed by atoms with E-state index < -0.39 is 0 Å². The van der Waals surface area contributed by atoms with Crippen molar-refractivity contribution in [3.63, 3.8) is 0 Å². The van der Waals surface area contributed by atoms with Crippen LogP contribution in [-0.2, 0) is 11.8 Å². The van der Waals surface area contributed by atoms with Crippen molar-refractivity contribution in [3.05, 3.63) is 35.4 Å². The van der Waals surface area contributed by atoms with E-state index in [0.717, 1.165) is 0 Å². The molecule has 3 rings (SSSR count). The molecular weight excluding hydrogens is 204 g/mol. The largest absolute Gasteiger partial charge is 0.147 e. The second kappa shape index (κ2) is 4.17. The van der Waals surface area contributed by atoms with Gasteiger partial charge in [-0.2, -0.15) is 0 Å². The highest BCUT2D eigenvalue weighted by Gasteiger charge is 2.38. The second-order valence-electron chi connectivity index (χ2n) is 5.00. The predicted molar refractivity (Wildman–Crippen MR) is 66.8 cm³/mol. The standard InChI is InChI=1S/C14H18.ClH/c1-4-9-14(10-5-1)11-8-12-6-2-3-7-13(12)14;/h2-3,6-7H,1,4-5,8-11H2;1H. The van der Waals surface area contributed by atoms with Gasteiger partial charge in [-0.1, -0.05) is 43.5 Å². The van der Waals surface area contributed by atoms with Crippen molar-refractivity contribution < 1.29 is 0 Å². The maximum Gasteiger partial charge on any atom is -0.00411 e. The molecule has 0 radical (unpaired) electrons. The zero-order valence-corrected chi connectivity index (χ0v) is 9.98. The average Bonchev–Trinajstić information content (AvgIpc) is 2.60. The van der Waals surface area contributed by atoms with Gasteiger partial charge in [0.15, 0.2) is 0 Å². The quantitative estimate of drug-likeness (QED) is 0.616. The molecule has 0 unspecified atom stereocenters. The number of hydrogen-bond acceptors (Lipinski definition) is 0. The van der Waals surface area contributed by atoms with Gasteiger partial charge in [0.25, 0.3) is 0 Å². The third-order valence-electron chi connectivity index (χ3n) is 4.27. The number of fused-ring (bicyclic) bond motifs is 2. The minimum absolute atomic E-state index is 0. The van der Waals surface area contributed by atoms with E-state index >= 15 is 0 Å². The Morgan fingerprint density at radius 2 is 1.60 bits per heavy atom. The van der Waals surface area contributed by atoms with Gasteiger partial charge >= 0.3 is 0 Å². The van der Waals surface area contributed by atoms with Crippen LogP contribution in [0.3, 0.4) is 0 Å². The Labute approximate surface area is 98.5 Å². The maximum absolute atomic E-state index is 2.38. The summed E-state index contributed by atoms with van der Waals surface area (Å²) in [7, 11) is 0. The fraction of sp³-hybridized carbons (Fsp3) is 0.571. The van der Waals surface area contributed by atoms with E-state index in [1.807, 2.05) is 0 Å². The van der Waals surface area contributed by atoms with E-state index in [4.69, 9.17) is 0 Å². The van der Waals surface area contributed by atoms with Crippen molar-refractivity contribution in [1.82, 2.24) is 0 Å². The molecular formula is C14H19Cl. The Morgan fingerprint density at radius 3 is 2.40 bits per heavy atom. The summed E-state index contributed by atoms with van der Waals surface area (Å²) in [5.41, 5.74) is 3.93. The molecule has 0 saturated heterocycles. The first-order valence-corrected chi connectivity index (χ1v) is 5.99. The fourth-order valence-electron chi connectivity index (χ4n) is 3.51. The van der Waals surface area contributed by atoms with Crippen LogP contribution >= 0.6 is 12.4 Å². The van der Waals surface area contributed by atoms with Crippen molar-refractivity contribution in [1.29, 1.82) is 0 Å². The van der Waals surface area contributed by atoms with Crippen LogP contribution in [0.4, 0.5) is 0 Å². The van der Waals surface area contributed by atoms with E-state index in [1.54, 1.807) is 11.1 Å². The lowest BCUT2D eigenvalue weighted by atomic mass is 9.70. The molecule has 1 aromatic carbocycles. The van der Waals surface area contributed by atoms with E-state index in [-0.39, 0.29) is 12.4 Å². The van der Waals surface area contributed by atoms with Crippen LogP contribution in [0.1, 0.15) is 49.7 Å². The molecule has 0 aromatic heterocycles. The molecule has 0 amide bonds. The van der Waals surface area contributed by atoms with Gasteiger partial charge in [-0.3, -0.25) is 0 Å². The van der Waals surface area contributed by atoms with Crippen molar-refractivity contribution >= 4 is 12.4 Å². The molecule has 0 N–H and O–H groups in total. The van der Waals surface area contributed by atoms with Gasteiger partial charge in [-0.15, -0.1) is 12.4 Å². The van der Waals surface area contributed by atoms with Crippen molar-refractivity contribution in [2.24, 2.45) is 0 Å². The van der Waals surface area contributed by atoms with Crippen molar-refractivity contribution in [2.45, 2.75) is 50.4 Å². The topological polar surface area (TPSA) is 0 Å². The Morgan fingerprint density at radius 1 is 0.867 bits per heavy atom. The summed E-state index contributed by atoms with van der Waals surface area (Å²) in [5.74, 6) is 0. The molecule has 1 aromatic rings. The van der Waals surface area contributed by atoms with E-state index in [1.165, 1.54) is 44.9 Å². The first kappa shape index (κ1) is 11.0. The maximum atomic E-state index is 2.38. The molecule has 1 fully saturated rings. The predicted octanol–water partition coefficient (Wildman–Crippen LogP) is 4.26. The molecule has 2 aliphatic rings. The number of rotatable bonds is 0. The van der Waals surface area contributed by atoms with Crippen molar-refractivity contribution in [2.75, 3.05) is 0 Å². The molecule has 0 aliphatic heterocycles. The van der Waals surface area contributed by atoms with Gasteiger partial charge in [0.05, 0.1) is 0 Å². The van der Waals surface area contributed by atoms with Crippen LogP contribution in [0.15, 0.2) is 24.3 Å². The van der Waals surface area contributed by atoms with Crippen LogP contribution in [0, 0.1) is 0 Å². The summed E-state index contributed by atoms with van der Waals surface area (Å²) in [6, 6.07) is 9.13. The summed E-state index contributed by atoms with van der Waals surface area (Å²) in [5, 5.41) is 0. The molecule has 82 valence electrons. The van der Waals surface area contributed by atoms with Gasteiger partial charge in [0, 0.05) is 0 Å². The highest BCUT2D eigenvalue weighted by Crippen LogP contribution is 2.48. The smallest absolute Gasteiger partial charge is 0.00411 e. The Hall–Kier alpha value is -0.490. The lowest BCUT2D eigenvalue weighted by molar-refractivity contribution is 0.292. The van der Waals surface area contributed by atoms with Crippen LogP contribution in [-0.4, -0.2) is 0 Å². The first-order valence-electron chi connectivity index (χ1n) is 5.99. The summed E-state index contributed by atoms with van der Waals surface area (Å²) in [4.78, 5) is 0. The number of hydrogen-bond donors (Lipinski definition) is 0. The Kier molecular flexibility index (Phi) is 3.06. The Bertz CT molecular complexity index is 331. The number of halogens is 1. The zero-order valence-electron chi connectivity index (χ0n) is 9.17. The lowest BCUT2D eigenvalue weighted by Crippen LogP contribution is -2.25. The van der Waals surface area contributed by atoms with Crippen LogP contribution < -0.4 is 0 Å². The highest BCUT2D eigenvalue weighted by atomic mass is 35.5. The van der Waals surface area contributed by atoms with Crippen LogP contribution in [0.2, 0.25) is 0 Å². The van der Waals surface area contributed by atoms with Gasteiger partial charge in [-0.05, 0) is 42.2 Å². The summed E-state index contributed by atoms with van der Waals surface area (Å²) >= 11 is 0. The molecule has 0 atom stereocenters. The lowest BCUT2D eigenvalue weighted by Gasteiger charge is -2.34. The molecule has 0 bridgehead atoms. The molecule has 15 heavy (non-hydrogen) atoms. The van der Waals surface area contributed by atoms with Crippen LogP contribution in [0.5, 0.6) is 0 Å². The first-order chi connectivity index (χ1) is 6.91. The second-order valence-corrected chi connectivity index (χ2v) is 5.00. The van der Waals surface area contributed by atoms with E-state index in [9.17, 15) is 0 Å². The SMILES string of the molecule is Cl.c1ccc2c(c1)CCC21CCCCC1. The summed E-state index contributed by atoms with van der Waals surface area (Å²) in [6.45, 7) is 0. The third-order valence-corrected chi connectivity index (χ3v) is 4.27. The molecule has 0 nitrogen and oxygen atoms in total. The highest BCUT2D eigenvalue weighted by molar-refractivity contribution is 5.85. The van der Waals surface area contributed by atoms with Gasteiger partial charge in [0.1, 0.15) is 0 Å². The summed E-state index contributed by atoms with van der Waals surface area (Å²) in [6.07, 6.45) is 10.0. The normalized spacial score (nSPS) is 22.1. The molecule has 2 aliphatic carbocycles. The van der Waals surface area contributed by atoms with Gasteiger partial charge < -0.3 is 0 Å². The van der Waals surface area contributed by atoms with Crippen LogP contribution in [0.25, 0.3) is 0 Å². The zero-order chi connectivity index (χ0) is 9.43. The molecule has 0 heterocycles. The van der Waals surface area contributed by atoms with Gasteiger partial charge in [-0.25, -0.2) is 0 Å². The molecule has 1 saturated carbocycles. The third kappa shape index (κ3) is 1.69. The summed E-state index contributed by atoms with van der Waals surface area (Å²) < 4.78 is 0. The number of aryl methyl sites for hydroxylation is 1. The Balaban J connectivity index is 0.000000853. The number of benzene rings is 1. The van der Waals surface area contributed by atoms with E-state index in [2.05, 4.69) is 24.3 Å². The van der Waals surface area contributed by atoms with Gasteiger partial charge in [0.2, 0.25) is 0 Å². The monoisotopic (exact) mass is 222 g/mol. The van der Waals surface area contributed by atoms with E-state index in [0.29, 0.717) is 5.41 Å². The molecule has 1 heteroatoms. The average molecular weight is 223 g/mol. The fourth-order valence-corrected chi connectivity index (χ4v) is 3.51. The minimum atomic E-state index is 0. The van der Waals surface area contributed by atoms with Crippen molar-refractivity contribution in [3.8, 4) is 0 Å². The molecule has 1 spiro atoms.